The van der Waals surface area contributed by atoms with E-state index in [0.717, 1.165) is 30.4 Å². The Bertz CT molecular complexity index is 664. The van der Waals surface area contributed by atoms with Gasteiger partial charge in [-0.2, -0.15) is 5.10 Å². The number of ketones is 1. The second kappa shape index (κ2) is 5.87. The van der Waals surface area contributed by atoms with Crippen molar-refractivity contribution < 1.29 is 9.59 Å². The standard InChI is InChI=1S/C15H16N4O2/c20-12-4-2-1-3-11-13(12)18-19-14(11)15(21)17-9-10-5-7-16-8-6-10/h5-8H,1-4,9H2,(H,17,21)(H,18,19). The maximum atomic E-state index is 12.2. The summed E-state index contributed by atoms with van der Waals surface area (Å²) in [5, 5.41) is 9.58. The molecule has 0 atom stereocenters. The van der Waals surface area contributed by atoms with Crippen molar-refractivity contribution in [2.24, 2.45) is 0 Å². The van der Waals surface area contributed by atoms with Crippen molar-refractivity contribution in [1.29, 1.82) is 0 Å². The Kier molecular flexibility index (Phi) is 3.77. The van der Waals surface area contributed by atoms with Crippen molar-refractivity contribution in [3.05, 3.63) is 47.0 Å². The van der Waals surface area contributed by atoms with Crippen LogP contribution in [0.1, 0.15) is 51.4 Å². The van der Waals surface area contributed by atoms with E-state index >= 15 is 0 Å². The van der Waals surface area contributed by atoms with Crippen LogP contribution in [0.5, 0.6) is 0 Å². The number of aromatic nitrogens is 3. The monoisotopic (exact) mass is 284 g/mol. The molecule has 108 valence electrons. The van der Waals surface area contributed by atoms with Crippen molar-refractivity contribution in [2.75, 3.05) is 0 Å². The quantitative estimate of drug-likeness (QED) is 0.839. The van der Waals surface area contributed by atoms with Crippen LogP contribution in [0.15, 0.2) is 24.5 Å². The summed E-state index contributed by atoms with van der Waals surface area (Å²) in [6, 6.07) is 3.68. The molecule has 0 spiro atoms. The summed E-state index contributed by atoms with van der Waals surface area (Å²) in [5.74, 6) is -0.206. The van der Waals surface area contributed by atoms with Gasteiger partial charge in [0.25, 0.3) is 5.91 Å². The molecular formula is C15H16N4O2. The van der Waals surface area contributed by atoms with E-state index in [1.54, 1.807) is 12.4 Å². The van der Waals surface area contributed by atoms with E-state index in [4.69, 9.17) is 0 Å². The van der Waals surface area contributed by atoms with Crippen LogP contribution in [0.25, 0.3) is 0 Å². The summed E-state index contributed by atoms with van der Waals surface area (Å²) in [4.78, 5) is 28.1. The number of Topliss-reactive ketones (excluding diaryl/α,β-unsaturated/α-hetero) is 1. The highest BCUT2D eigenvalue weighted by Crippen LogP contribution is 2.21. The number of nitrogens with one attached hydrogen (secondary N) is 2. The number of amides is 1. The lowest BCUT2D eigenvalue weighted by Gasteiger charge is -2.05. The maximum Gasteiger partial charge on any atom is 0.272 e. The van der Waals surface area contributed by atoms with Crippen molar-refractivity contribution in [3.63, 3.8) is 0 Å². The third-order valence-electron chi connectivity index (χ3n) is 3.64. The van der Waals surface area contributed by atoms with Gasteiger partial charge in [-0.25, -0.2) is 0 Å². The van der Waals surface area contributed by atoms with Crippen molar-refractivity contribution in [3.8, 4) is 0 Å². The Labute approximate surface area is 122 Å². The molecule has 0 unspecified atom stereocenters. The van der Waals surface area contributed by atoms with Gasteiger partial charge < -0.3 is 5.32 Å². The van der Waals surface area contributed by atoms with Gasteiger partial charge in [-0.3, -0.25) is 19.7 Å². The first-order valence-corrected chi connectivity index (χ1v) is 7.03. The third-order valence-corrected chi connectivity index (χ3v) is 3.64. The molecule has 2 aromatic heterocycles. The zero-order valence-corrected chi connectivity index (χ0v) is 11.6. The van der Waals surface area contributed by atoms with Crippen LogP contribution in [0.3, 0.4) is 0 Å². The van der Waals surface area contributed by atoms with Crippen molar-refractivity contribution in [2.45, 2.75) is 32.2 Å². The van der Waals surface area contributed by atoms with Crippen LogP contribution in [0.4, 0.5) is 0 Å². The SMILES string of the molecule is O=C(NCc1ccncc1)c1n[nH]c2c1CCCCC2=O. The van der Waals surface area contributed by atoms with E-state index in [1.165, 1.54) is 0 Å². The molecule has 6 heteroatoms. The molecule has 2 aromatic rings. The number of hydrogen-bond acceptors (Lipinski definition) is 4. The third kappa shape index (κ3) is 2.84. The highest BCUT2D eigenvalue weighted by molar-refractivity contribution is 6.01. The second-order valence-electron chi connectivity index (χ2n) is 5.09. The van der Waals surface area contributed by atoms with E-state index in [-0.39, 0.29) is 11.7 Å². The zero-order chi connectivity index (χ0) is 14.7. The van der Waals surface area contributed by atoms with E-state index < -0.39 is 0 Å². The fraction of sp³-hybridized carbons (Fsp3) is 0.333. The van der Waals surface area contributed by atoms with Gasteiger partial charge in [-0.15, -0.1) is 0 Å². The molecule has 1 aliphatic rings. The van der Waals surface area contributed by atoms with Crippen LogP contribution in [-0.4, -0.2) is 26.9 Å². The Morgan fingerprint density at radius 2 is 2.00 bits per heavy atom. The average Bonchev–Trinajstić information content (AvgIpc) is 2.85. The first-order valence-electron chi connectivity index (χ1n) is 7.03. The van der Waals surface area contributed by atoms with Crippen LogP contribution in [0.2, 0.25) is 0 Å². The predicted molar refractivity (Wildman–Crippen MR) is 75.9 cm³/mol. The second-order valence-corrected chi connectivity index (χ2v) is 5.09. The number of aromatic amines is 1. The molecule has 1 aliphatic carbocycles. The number of pyridine rings is 1. The summed E-state index contributed by atoms with van der Waals surface area (Å²) >= 11 is 0. The molecule has 0 bridgehead atoms. The van der Waals surface area contributed by atoms with E-state index in [1.807, 2.05) is 12.1 Å². The Morgan fingerprint density at radius 3 is 2.81 bits per heavy atom. The van der Waals surface area contributed by atoms with Crippen LogP contribution in [-0.2, 0) is 13.0 Å². The topological polar surface area (TPSA) is 87.7 Å². The highest BCUT2D eigenvalue weighted by Gasteiger charge is 2.24. The van der Waals surface area contributed by atoms with E-state index in [9.17, 15) is 9.59 Å². The van der Waals surface area contributed by atoms with Crippen LogP contribution < -0.4 is 5.32 Å². The minimum Gasteiger partial charge on any atom is -0.347 e. The summed E-state index contributed by atoms with van der Waals surface area (Å²) < 4.78 is 0. The fourth-order valence-corrected chi connectivity index (χ4v) is 2.51. The molecule has 0 radical (unpaired) electrons. The molecule has 2 heterocycles. The average molecular weight is 284 g/mol. The number of carbonyl (C=O) groups is 2. The molecule has 0 saturated heterocycles. The number of hydrogen-bond donors (Lipinski definition) is 2. The molecule has 1 amide bonds. The molecule has 21 heavy (non-hydrogen) atoms. The minimum absolute atomic E-state index is 0.0446. The van der Waals surface area contributed by atoms with Gasteiger partial charge in [0.1, 0.15) is 5.69 Å². The smallest absolute Gasteiger partial charge is 0.272 e. The van der Waals surface area contributed by atoms with Crippen molar-refractivity contribution >= 4 is 11.7 Å². The normalized spacial score (nSPS) is 14.4. The number of fused-ring (bicyclic) bond motifs is 1. The van der Waals surface area contributed by atoms with Gasteiger partial charge in [0.15, 0.2) is 11.5 Å². The summed E-state index contributed by atoms with van der Waals surface area (Å²) in [5.41, 5.74) is 2.57. The Morgan fingerprint density at radius 1 is 1.24 bits per heavy atom. The molecule has 0 aromatic carbocycles. The van der Waals surface area contributed by atoms with Gasteiger partial charge in [0.05, 0.1) is 0 Å². The number of carbonyl (C=O) groups excluding carboxylic acids is 2. The summed E-state index contributed by atoms with van der Waals surface area (Å²) in [7, 11) is 0. The molecule has 0 aliphatic heterocycles. The zero-order valence-electron chi connectivity index (χ0n) is 11.6. The number of H-pyrrole nitrogens is 1. The van der Waals surface area contributed by atoms with Gasteiger partial charge in [0.2, 0.25) is 0 Å². The predicted octanol–water partition coefficient (Wildman–Crippen LogP) is 1.64. The Balaban J connectivity index is 1.75. The molecule has 2 N–H and O–H groups in total. The lowest BCUT2D eigenvalue weighted by atomic mass is 10.1. The Hall–Kier alpha value is -2.50. The number of nitrogens with zero attached hydrogens (tertiary/aromatic N) is 2. The summed E-state index contributed by atoms with van der Waals surface area (Å²) in [6.45, 7) is 0.414. The minimum atomic E-state index is -0.251. The molecule has 6 nitrogen and oxygen atoms in total. The van der Waals surface area contributed by atoms with Gasteiger partial charge in [0, 0.05) is 30.9 Å². The first kappa shape index (κ1) is 13.5. The van der Waals surface area contributed by atoms with Gasteiger partial charge >= 0.3 is 0 Å². The fourth-order valence-electron chi connectivity index (χ4n) is 2.51. The van der Waals surface area contributed by atoms with E-state index in [2.05, 4.69) is 20.5 Å². The highest BCUT2D eigenvalue weighted by atomic mass is 16.2. The number of rotatable bonds is 3. The molecule has 3 rings (SSSR count). The molecule has 0 saturated carbocycles. The van der Waals surface area contributed by atoms with Crippen molar-refractivity contribution in [1.82, 2.24) is 20.5 Å². The van der Waals surface area contributed by atoms with Crippen LogP contribution in [0, 0.1) is 0 Å². The molecular weight excluding hydrogens is 268 g/mol. The van der Waals surface area contributed by atoms with Gasteiger partial charge in [-0.05, 0) is 37.0 Å². The lowest BCUT2D eigenvalue weighted by Crippen LogP contribution is -2.24. The first-order chi connectivity index (χ1) is 10.3. The van der Waals surface area contributed by atoms with Crippen LogP contribution >= 0.6 is 0 Å². The van der Waals surface area contributed by atoms with Gasteiger partial charge in [-0.1, -0.05) is 0 Å². The largest absolute Gasteiger partial charge is 0.347 e. The molecule has 0 fully saturated rings. The lowest BCUT2D eigenvalue weighted by molar-refractivity contribution is 0.0943. The summed E-state index contributed by atoms with van der Waals surface area (Å²) in [6.07, 6.45) is 6.37. The maximum absolute atomic E-state index is 12.2. The van der Waals surface area contributed by atoms with E-state index in [0.29, 0.717) is 24.4 Å².